The molecule has 0 saturated carbocycles. The average molecular weight is 382 g/mol. The van der Waals surface area contributed by atoms with E-state index >= 15 is 0 Å². The van der Waals surface area contributed by atoms with Crippen molar-refractivity contribution in [1.29, 1.82) is 0 Å². The smallest absolute Gasteiger partial charge is 0.226 e. The molecular formula is C19H22N6O3. The van der Waals surface area contributed by atoms with Gasteiger partial charge in [-0.1, -0.05) is 0 Å². The van der Waals surface area contributed by atoms with Crippen LogP contribution in [0.5, 0.6) is 11.5 Å². The van der Waals surface area contributed by atoms with Gasteiger partial charge in [-0.15, -0.1) is 0 Å². The lowest BCUT2D eigenvalue weighted by Crippen LogP contribution is -2.39. The van der Waals surface area contributed by atoms with Crippen molar-refractivity contribution in [3.05, 3.63) is 24.5 Å². The van der Waals surface area contributed by atoms with Gasteiger partial charge in [0, 0.05) is 42.2 Å². The van der Waals surface area contributed by atoms with E-state index in [0.717, 1.165) is 22.2 Å². The largest absolute Gasteiger partial charge is 0.493 e. The predicted octanol–water partition coefficient (Wildman–Crippen LogP) is 1.74. The summed E-state index contributed by atoms with van der Waals surface area (Å²) in [4.78, 5) is 23.1. The van der Waals surface area contributed by atoms with Crippen LogP contribution in [0.3, 0.4) is 0 Å². The van der Waals surface area contributed by atoms with Gasteiger partial charge in [0.1, 0.15) is 0 Å². The Labute approximate surface area is 161 Å². The van der Waals surface area contributed by atoms with E-state index in [1.807, 2.05) is 12.1 Å². The molecule has 1 aromatic carbocycles. The van der Waals surface area contributed by atoms with Gasteiger partial charge in [0.2, 0.25) is 11.9 Å². The van der Waals surface area contributed by atoms with Crippen molar-refractivity contribution in [1.82, 2.24) is 20.2 Å². The number of hydrogen-bond donors (Lipinski definition) is 2. The van der Waals surface area contributed by atoms with Gasteiger partial charge in [-0.3, -0.25) is 9.89 Å². The van der Waals surface area contributed by atoms with Gasteiger partial charge in [-0.25, -0.2) is 9.97 Å². The number of piperidine rings is 1. The quantitative estimate of drug-likeness (QED) is 0.690. The van der Waals surface area contributed by atoms with Crippen molar-refractivity contribution in [2.75, 3.05) is 32.2 Å². The molecule has 9 nitrogen and oxygen atoms in total. The summed E-state index contributed by atoms with van der Waals surface area (Å²) in [5, 5.41) is 7.72. The number of carbonyl (C=O) groups excluding carboxylic acids is 1. The molecule has 0 bridgehead atoms. The van der Waals surface area contributed by atoms with Gasteiger partial charge >= 0.3 is 0 Å². The zero-order chi connectivity index (χ0) is 19.7. The standard InChI is InChI=1S/C19H22N6O3/c1-27-15-7-13-14(8-16(15)28-2)23-19(24-17(13)12-9-21-22-10-12)25-5-3-11(4-6-25)18(20)26/h7-11H,3-6H2,1-2H3,(H2,20,26)(H,21,22). The molecule has 1 aliphatic rings. The van der Waals surface area contributed by atoms with Crippen LogP contribution in [0.4, 0.5) is 5.95 Å². The summed E-state index contributed by atoms with van der Waals surface area (Å²) in [6.07, 6.45) is 4.91. The van der Waals surface area contributed by atoms with Crippen LogP contribution in [-0.4, -0.2) is 53.4 Å². The van der Waals surface area contributed by atoms with E-state index in [0.29, 0.717) is 43.4 Å². The fourth-order valence-corrected chi connectivity index (χ4v) is 3.55. The lowest BCUT2D eigenvalue weighted by atomic mass is 9.96. The number of amides is 1. The average Bonchev–Trinajstić information content (AvgIpc) is 3.26. The molecule has 2 aromatic heterocycles. The molecule has 1 amide bonds. The van der Waals surface area contributed by atoms with Crippen molar-refractivity contribution in [3.8, 4) is 22.8 Å². The van der Waals surface area contributed by atoms with Crippen LogP contribution in [0.1, 0.15) is 12.8 Å². The zero-order valence-corrected chi connectivity index (χ0v) is 15.8. The molecule has 4 rings (SSSR count). The third-order valence-corrected chi connectivity index (χ3v) is 5.14. The molecule has 0 unspecified atom stereocenters. The number of aromatic amines is 1. The SMILES string of the molecule is COc1cc2nc(N3CCC(C(N)=O)CC3)nc(-c3cn[nH]c3)c2cc1OC. The van der Waals surface area contributed by atoms with E-state index in [-0.39, 0.29) is 11.8 Å². The Balaban J connectivity index is 1.81. The second-order valence-electron chi connectivity index (χ2n) is 6.75. The molecule has 0 atom stereocenters. The van der Waals surface area contributed by atoms with Gasteiger partial charge in [0.25, 0.3) is 0 Å². The fourth-order valence-electron chi connectivity index (χ4n) is 3.55. The number of benzene rings is 1. The molecule has 0 aliphatic carbocycles. The molecule has 0 spiro atoms. The van der Waals surface area contributed by atoms with Gasteiger partial charge in [-0.2, -0.15) is 5.10 Å². The van der Waals surface area contributed by atoms with Gasteiger partial charge in [0.15, 0.2) is 11.5 Å². The summed E-state index contributed by atoms with van der Waals surface area (Å²) in [6.45, 7) is 1.36. The molecule has 3 N–H and O–H groups in total. The van der Waals surface area contributed by atoms with Crippen LogP contribution in [0.25, 0.3) is 22.2 Å². The van der Waals surface area contributed by atoms with E-state index in [1.54, 1.807) is 26.6 Å². The van der Waals surface area contributed by atoms with Crippen molar-refractivity contribution in [3.63, 3.8) is 0 Å². The van der Waals surface area contributed by atoms with Crippen LogP contribution in [0.15, 0.2) is 24.5 Å². The molecular weight excluding hydrogens is 360 g/mol. The summed E-state index contributed by atoms with van der Waals surface area (Å²) in [5.41, 5.74) is 7.81. The van der Waals surface area contributed by atoms with Crippen molar-refractivity contribution in [2.45, 2.75) is 12.8 Å². The van der Waals surface area contributed by atoms with Crippen LogP contribution in [0.2, 0.25) is 0 Å². The van der Waals surface area contributed by atoms with Crippen LogP contribution in [-0.2, 0) is 4.79 Å². The number of H-pyrrole nitrogens is 1. The number of primary amides is 1. The molecule has 1 aliphatic heterocycles. The van der Waals surface area contributed by atoms with E-state index in [2.05, 4.69) is 15.1 Å². The molecule has 0 radical (unpaired) electrons. The molecule has 1 fully saturated rings. The second kappa shape index (κ2) is 7.34. The maximum absolute atomic E-state index is 11.4. The summed E-state index contributed by atoms with van der Waals surface area (Å²) in [7, 11) is 3.19. The number of nitrogens with one attached hydrogen (secondary N) is 1. The first-order valence-corrected chi connectivity index (χ1v) is 9.08. The monoisotopic (exact) mass is 382 g/mol. The Morgan fingerprint density at radius 2 is 1.89 bits per heavy atom. The Morgan fingerprint density at radius 3 is 2.50 bits per heavy atom. The summed E-state index contributed by atoms with van der Waals surface area (Å²) in [5.74, 6) is 1.49. The van der Waals surface area contributed by atoms with E-state index in [1.165, 1.54) is 0 Å². The molecule has 3 aromatic rings. The van der Waals surface area contributed by atoms with Gasteiger partial charge < -0.3 is 20.1 Å². The molecule has 9 heteroatoms. The highest BCUT2D eigenvalue weighted by Gasteiger charge is 2.25. The Bertz CT molecular complexity index is 997. The number of hydrogen-bond acceptors (Lipinski definition) is 7. The topological polar surface area (TPSA) is 119 Å². The number of nitrogens with two attached hydrogens (primary N) is 1. The first kappa shape index (κ1) is 18.0. The highest BCUT2D eigenvalue weighted by molar-refractivity contribution is 5.95. The number of carbonyl (C=O) groups is 1. The maximum Gasteiger partial charge on any atom is 0.226 e. The molecule has 146 valence electrons. The van der Waals surface area contributed by atoms with Crippen LogP contribution in [0, 0.1) is 5.92 Å². The van der Waals surface area contributed by atoms with Crippen molar-refractivity contribution in [2.24, 2.45) is 11.7 Å². The number of methoxy groups -OCH3 is 2. The second-order valence-corrected chi connectivity index (χ2v) is 6.75. The van der Waals surface area contributed by atoms with Gasteiger partial charge in [-0.05, 0) is 18.9 Å². The number of anilines is 1. The van der Waals surface area contributed by atoms with Crippen molar-refractivity contribution < 1.29 is 14.3 Å². The lowest BCUT2D eigenvalue weighted by molar-refractivity contribution is -0.122. The van der Waals surface area contributed by atoms with Crippen molar-refractivity contribution >= 4 is 22.8 Å². The number of nitrogens with zero attached hydrogens (tertiary/aromatic N) is 4. The number of rotatable bonds is 5. The van der Waals surface area contributed by atoms with E-state index in [4.69, 9.17) is 25.2 Å². The van der Waals surface area contributed by atoms with Gasteiger partial charge in [0.05, 0.1) is 31.6 Å². The first-order chi connectivity index (χ1) is 13.6. The Kier molecular flexibility index (Phi) is 4.72. The normalized spacial score (nSPS) is 15.0. The number of aromatic nitrogens is 4. The fraction of sp³-hybridized carbons (Fsp3) is 0.368. The maximum atomic E-state index is 11.4. The van der Waals surface area contributed by atoms with Crippen LogP contribution >= 0.6 is 0 Å². The minimum Gasteiger partial charge on any atom is -0.493 e. The Hall–Kier alpha value is -3.36. The minimum atomic E-state index is -0.241. The van der Waals surface area contributed by atoms with E-state index in [9.17, 15) is 4.79 Å². The lowest BCUT2D eigenvalue weighted by Gasteiger charge is -2.31. The van der Waals surface area contributed by atoms with Crippen LogP contribution < -0.4 is 20.1 Å². The van der Waals surface area contributed by atoms with E-state index < -0.39 is 0 Å². The Morgan fingerprint density at radius 1 is 1.18 bits per heavy atom. The summed E-state index contributed by atoms with van der Waals surface area (Å²) >= 11 is 0. The third kappa shape index (κ3) is 3.19. The molecule has 28 heavy (non-hydrogen) atoms. The molecule has 1 saturated heterocycles. The number of ether oxygens (including phenoxy) is 2. The highest BCUT2D eigenvalue weighted by Crippen LogP contribution is 2.36. The number of fused-ring (bicyclic) bond motifs is 1. The summed E-state index contributed by atoms with van der Waals surface area (Å²) < 4.78 is 10.9. The highest BCUT2D eigenvalue weighted by atomic mass is 16.5. The summed E-state index contributed by atoms with van der Waals surface area (Å²) in [6, 6.07) is 3.72. The third-order valence-electron chi connectivity index (χ3n) is 5.14. The molecule has 3 heterocycles. The first-order valence-electron chi connectivity index (χ1n) is 9.08. The minimum absolute atomic E-state index is 0.0885. The predicted molar refractivity (Wildman–Crippen MR) is 104 cm³/mol. The zero-order valence-electron chi connectivity index (χ0n) is 15.8.